The summed E-state index contributed by atoms with van der Waals surface area (Å²) in [5.41, 5.74) is 6.29. The fourth-order valence-corrected chi connectivity index (χ4v) is 1.22. The summed E-state index contributed by atoms with van der Waals surface area (Å²) >= 11 is 0. The van der Waals surface area contributed by atoms with Gasteiger partial charge in [-0.1, -0.05) is 6.07 Å². The first-order valence-electron chi connectivity index (χ1n) is 4.46. The topological polar surface area (TPSA) is 73.8 Å². The van der Waals surface area contributed by atoms with Crippen molar-refractivity contribution in [1.29, 1.82) is 0 Å². The van der Waals surface area contributed by atoms with Crippen molar-refractivity contribution in [2.45, 2.75) is 6.54 Å². The number of rotatable bonds is 2. The molecule has 0 fully saturated rings. The van der Waals surface area contributed by atoms with Gasteiger partial charge < -0.3 is 5.73 Å². The molecule has 0 amide bonds. The first-order valence-corrected chi connectivity index (χ1v) is 4.46. The summed E-state index contributed by atoms with van der Waals surface area (Å²) in [4.78, 5) is 19.2. The van der Waals surface area contributed by atoms with E-state index < -0.39 is 0 Å². The quantitative estimate of drug-likeness (QED) is 0.758. The zero-order chi connectivity index (χ0) is 10.7. The van der Waals surface area contributed by atoms with Crippen molar-refractivity contribution in [3.05, 3.63) is 52.8 Å². The van der Waals surface area contributed by atoms with Crippen molar-refractivity contribution in [3.63, 3.8) is 0 Å². The summed E-state index contributed by atoms with van der Waals surface area (Å²) in [6.45, 7) is 0.458. The van der Waals surface area contributed by atoms with E-state index in [-0.39, 0.29) is 5.56 Å². The summed E-state index contributed by atoms with van der Waals surface area (Å²) in [6.07, 6.45) is 4.62. The number of hydrogen-bond donors (Lipinski definition) is 1. The minimum Gasteiger partial charge on any atom is -0.384 e. The van der Waals surface area contributed by atoms with Crippen LogP contribution in [0.2, 0.25) is 0 Å². The van der Waals surface area contributed by atoms with Crippen LogP contribution in [0, 0.1) is 0 Å². The number of hydrogen-bond acceptors (Lipinski definition) is 4. The predicted molar refractivity (Wildman–Crippen MR) is 56.2 cm³/mol. The number of nitrogen functional groups attached to an aromatic ring is 1. The van der Waals surface area contributed by atoms with Crippen molar-refractivity contribution < 1.29 is 0 Å². The standard InChI is InChI=1S/C10H10N4O/c11-9-2-1-8(5-13-9)6-14-7-12-4-3-10(14)15/h1-5,7H,6H2,(H2,11,13). The molecule has 0 radical (unpaired) electrons. The van der Waals surface area contributed by atoms with Crippen molar-refractivity contribution >= 4 is 5.82 Å². The number of nitrogens with zero attached hydrogens (tertiary/aromatic N) is 3. The van der Waals surface area contributed by atoms with Crippen LogP contribution in [0.4, 0.5) is 5.82 Å². The van der Waals surface area contributed by atoms with Crippen molar-refractivity contribution in [3.8, 4) is 0 Å². The third kappa shape index (κ3) is 2.19. The molecule has 0 unspecified atom stereocenters. The van der Waals surface area contributed by atoms with E-state index in [2.05, 4.69) is 9.97 Å². The summed E-state index contributed by atoms with van der Waals surface area (Å²) < 4.78 is 1.51. The Morgan fingerprint density at radius 1 is 1.33 bits per heavy atom. The molecule has 2 aromatic heterocycles. The van der Waals surface area contributed by atoms with Crippen LogP contribution in [0.5, 0.6) is 0 Å². The van der Waals surface area contributed by atoms with Gasteiger partial charge in [-0.3, -0.25) is 9.36 Å². The highest BCUT2D eigenvalue weighted by atomic mass is 16.1. The van der Waals surface area contributed by atoms with Crippen LogP contribution in [0.3, 0.4) is 0 Å². The van der Waals surface area contributed by atoms with Crippen molar-refractivity contribution in [2.75, 3.05) is 5.73 Å². The van der Waals surface area contributed by atoms with Crippen LogP contribution >= 0.6 is 0 Å². The highest BCUT2D eigenvalue weighted by Crippen LogP contribution is 2.01. The molecule has 5 heteroatoms. The number of aromatic nitrogens is 3. The minimum atomic E-state index is -0.0816. The fourth-order valence-electron chi connectivity index (χ4n) is 1.22. The molecule has 2 N–H and O–H groups in total. The van der Waals surface area contributed by atoms with Gasteiger partial charge in [-0.2, -0.15) is 0 Å². The third-order valence-electron chi connectivity index (χ3n) is 1.99. The first-order chi connectivity index (χ1) is 7.25. The maximum atomic E-state index is 11.4. The lowest BCUT2D eigenvalue weighted by Gasteiger charge is -2.03. The Morgan fingerprint density at radius 2 is 2.20 bits per heavy atom. The Labute approximate surface area is 86.2 Å². The normalized spacial score (nSPS) is 10.1. The van der Waals surface area contributed by atoms with E-state index in [9.17, 15) is 4.79 Å². The zero-order valence-corrected chi connectivity index (χ0v) is 8.00. The summed E-state index contributed by atoms with van der Waals surface area (Å²) in [5, 5.41) is 0. The molecular weight excluding hydrogens is 192 g/mol. The fraction of sp³-hybridized carbons (Fsp3) is 0.100. The largest absolute Gasteiger partial charge is 0.384 e. The molecule has 0 atom stereocenters. The maximum absolute atomic E-state index is 11.4. The predicted octanol–water partition coefficient (Wildman–Crippen LogP) is 0.269. The number of pyridine rings is 1. The molecule has 2 rings (SSSR count). The molecule has 0 aliphatic rings. The molecule has 5 nitrogen and oxygen atoms in total. The van der Waals surface area contributed by atoms with E-state index in [1.54, 1.807) is 12.3 Å². The summed E-state index contributed by atoms with van der Waals surface area (Å²) in [7, 11) is 0. The second-order valence-electron chi connectivity index (χ2n) is 3.14. The molecule has 15 heavy (non-hydrogen) atoms. The van der Waals surface area contributed by atoms with Gasteiger partial charge in [0.1, 0.15) is 5.82 Å². The van der Waals surface area contributed by atoms with Crippen LogP contribution in [0.25, 0.3) is 0 Å². The highest BCUT2D eigenvalue weighted by Gasteiger charge is 1.97. The van der Waals surface area contributed by atoms with Crippen LogP contribution < -0.4 is 11.3 Å². The third-order valence-corrected chi connectivity index (χ3v) is 1.99. The summed E-state index contributed by atoms with van der Waals surface area (Å²) in [5.74, 6) is 0.470. The van der Waals surface area contributed by atoms with Gasteiger partial charge >= 0.3 is 0 Å². The molecule has 0 aromatic carbocycles. The van der Waals surface area contributed by atoms with E-state index in [1.807, 2.05) is 6.07 Å². The second-order valence-corrected chi connectivity index (χ2v) is 3.14. The van der Waals surface area contributed by atoms with E-state index >= 15 is 0 Å². The van der Waals surface area contributed by atoms with E-state index in [1.165, 1.54) is 23.2 Å². The van der Waals surface area contributed by atoms with Crippen molar-refractivity contribution in [1.82, 2.24) is 14.5 Å². The van der Waals surface area contributed by atoms with Crippen LogP contribution in [0.15, 0.2) is 41.7 Å². The highest BCUT2D eigenvalue weighted by molar-refractivity contribution is 5.29. The molecule has 0 bridgehead atoms. The molecule has 2 aromatic rings. The SMILES string of the molecule is Nc1ccc(Cn2cnccc2=O)cn1. The lowest BCUT2D eigenvalue weighted by molar-refractivity contribution is 0.733. The Hall–Kier alpha value is -2.17. The van der Waals surface area contributed by atoms with E-state index in [4.69, 9.17) is 5.73 Å². The first kappa shape index (κ1) is 9.39. The van der Waals surface area contributed by atoms with Gasteiger partial charge in [-0.05, 0) is 11.6 Å². The average Bonchev–Trinajstić information content (AvgIpc) is 2.25. The lowest BCUT2D eigenvalue weighted by Crippen LogP contribution is -2.19. The number of nitrogens with two attached hydrogens (primary N) is 1. The molecule has 76 valence electrons. The maximum Gasteiger partial charge on any atom is 0.253 e. The molecule has 0 aliphatic heterocycles. The van der Waals surface area contributed by atoms with Gasteiger partial charge in [0.15, 0.2) is 0 Å². The molecule has 0 saturated carbocycles. The Kier molecular flexibility index (Phi) is 2.45. The minimum absolute atomic E-state index is 0.0816. The van der Waals surface area contributed by atoms with Crippen LogP contribution in [0.1, 0.15) is 5.56 Å². The van der Waals surface area contributed by atoms with E-state index in [0.29, 0.717) is 12.4 Å². The molecule has 0 spiro atoms. The van der Waals surface area contributed by atoms with Gasteiger partial charge in [0.25, 0.3) is 5.56 Å². The Balaban J connectivity index is 2.26. The zero-order valence-electron chi connectivity index (χ0n) is 8.00. The summed E-state index contributed by atoms with van der Waals surface area (Å²) in [6, 6.07) is 4.96. The second kappa shape index (κ2) is 3.91. The van der Waals surface area contributed by atoms with Crippen LogP contribution in [-0.4, -0.2) is 14.5 Å². The molecule has 0 aliphatic carbocycles. The van der Waals surface area contributed by atoms with Crippen LogP contribution in [-0.2, 0) is 6.54 Å². The van der Waals surface area contributed by atoms with Gasteiger partial charge in [0.2, 0.25) is 0 Å². The van der Waals surface area contributed by atoms with E-state index in [0.717, 1.165) is 5.56 Å². The average molecular weight is 202 g/mol. The van der Waals surface area contributed by atoms with Gasteiger partial charge in [-0.15, -0.1) is 0 Å². The molecule has 0 saturated heterocycles. The number of anilines is 1. The van der Waals surface area contributed by atoms with Gasteiger partial charge in [-0.25, -0.2) is 9.97 Å². The van der Waals surface area contributed by atoms with Gasteiger partial charge in [0.05, 0.1) is 12.9 Å². The Bertz CT molecular complexity index is 503. The smallest absolute Gasteiger partial charge is 0.253 e. The molecule has 2 heterocycles. The van der Waals surface area contributed by atoms with Gasteiger partial charge in [0, 0.05) is 18.5 Å². The molecular formula is C10H10N4O. The lowest BCUT2D eigenvalue weighted by atomic mass is 10.3. The van der Waals surface area contributed by atoms with Crippen molar-refractivity contribution in [2.24, 2.45) is 0 Å². The Morgan fingerprint density at radius 3 is 2.87 bits per heavy atom. The monoisotopic (exact) mass is 202 g/mol.